The molecular weight excluding hydrogens is 274 g/mol. The van der Waals surface area contributed by atoms with Crippen LogP contribution in [0.3, 0.4) is 0 Å². The van der Waals surface area contributed by atoms with Gasteiger partial charge in [-0.05, 0) is 18.9 Å². The topological polar surface area (TPSA) is 58.6 Å². The predicted molar refractivity (Wildman–Crippen MR) is 82.9 cm³/mol. The maximum absolute atomic E-state index is 11.6. The lowest BCUT2D eigenvalue weighted by Crippen LogP contribution is -2.29. The zero-order valence-electron chi connectivity index (χ0n) is 12.1. The van der Waals surface area contributed by atoms with Crippen LogP contribution in [0.1, 0.15) is 17.5 Å². The number of nitrogens with one attached hydrogen (secondary N) is 1. The number of carbonyl (C=O) groups excluding carboxylic acids is 1. The molecule has 0 saturated heterocycles. The first-order valence-corrected chi connectivity index (χ1v) is 7.84. The third-order valence-electron chi connectivity index (χ3n) is 2.78. The van der Waals surface area contributed by atoms with Gasteiger partial charge in [-0.2, -0.15) is 0 Å². The van der Waals surface area contributed by atoms with Crippen molar-refractivity contribution in [2.75, 3.05) is 26.0 Å². The summed E-state index contributed by atoms with van der Waals surface area (Å²) in [4.78, 5) is 11.6. The van der Waals surface area contributed by atoms with Crippen LogP contribution in [0.25, 0.3) is 0 Å². The van der Waals surface area contributed by atoms with E-state index >= 15 is 0 Å². The summed E-state index contributed by atoms with van der Waals surface area (Å²) in [6.45, 7) is 2.84. The van der Waals surface area contributed by atoms with Crippen molar-refractivity contribution >= 4 is 17.7 Å². The van der Waals surface area contributed by atoms with Crippen molar-refractivity contribution in [3.63, 3.8) is 0 Å². The van der Waals surface area contributed by atoms with Gasteiger partial charge < -0.3 is 15.2 Å². The van der Waals surface area contributed by atoms with Crippen molar-refractivity contribution in [2.45, 2.75) is 25.2 Å². The molecule has 0 bridgehead atoms. The number of benzene rings is 1. The third-order valence-corrected chi connectivity index (χ3v) is 3.79. The molecular formula is C15H23NO3S. The summed E-state index contributed by atoms with van der Waals surface area (Å²) >= 11 is 1.59. The first-order valence-electron chi connectivity index (χ1n) is 6.69. The summed E-state index contributed by atoms with van der Waals surface area (Å²) in [6, 6.07) is 8.32. The Labute approximate surface area is 124 Å². The zero-order chi connectivity index (χ0) is 14.8. The summed E-state index contributed by atoms with van der Waals surface area (Å²) in [6.07, 6.45) is 0.00266. The van der Waals surface area contributed by atoms with Crippen LogP contribution in [-0.2, 0) is 15.3 Å². The Bertz CT molecular complexity index is 395. The van der Waals surface area contributed by atoms with Crippen LogP contribution in [0.2, 0.25) is 0 Å². The molecule has 0 radical (unpaired) electrons. The lowest BCUT2D eigenvalue weighted by molar-refractivity contribution is -0.118. The number of hydrogen-bond acceptors (Lipinski definition) is 4. The Morgan fingerprint density at radius 2 is 2.10 bits per heavy atom. The van der Waals surface area contributed by atoms with E-state index in [9.17, 15) is 9.90 Å². The minimum Gasteiger partial charge on any atom is -0.391 e. The molecule has 1 atom stereocenters. The van der Waals surface area contributed by atoms with Gasteiger partial charge in [-0.3, -0.25) is 4.79 Å². The van der Waals surface area contributed by atoms with Crippen molar-refractivity contribution < 1.29 is 14.6 Å². The first-order chi connectivity index (χ1) is 9.61. The Morgan fingerprint density at radius 3 is 2.75 bits per heavy atom. The van der Waals surface area contributed by atoms with Crippen LogP contribution in [0.4, 0.5) is 0 Å². The van der Waals surface area contributed by atoms with E-state index in [2.05, 4.69) is 36.5 Å². The summed E-state index contributed by atoms with van der Waals surface area (Å²) in [5.41, 5.74) is 2.47. The van der Waals surface area contributed by atoms with E-state index in [1.165, 1.54) is 11.1 Å². The molecule has 1 aromatic rings. The van der Waals surface area contributed by atoms with E-state index in [1.807, 2.05) is 0 Å². The van der Waals surface area contributed by atoms with Gasteiger partial charge in [0, 0.05) is 19.4 Å². The molecule has 0 aliphatic carbocycles. The van der Waals surface area contributed by atoms with E-state index in [0.29, 0.717) is 25.3 Å². The van der Waals surface area contributed by atoms with Crippen molar-refractivity contribution in [2.24, 2.45) is 0 Å². The second kappa shape index (κ2) is 9.80. The van der Waals surface area contributed by atoms with E-state index in [4.69, 9.17) is 4.74 Å². The SMILES string of the molecule is COCC(O)CCNC(=O)CSCc1ccc(C)cc1. The number of aryl methyl sites for hydroxylation is 1. The van der Waals surface area contributed by atoms with Gasteiger partial charge in [0.2, 0.25) is 5.91 Å². The summed E-state index contributed by atoms with van der Waals surface area (Å²) < 4.78 is 4.82. The summed E-state index contributed by atoms with van der Waals surface area (Å²) in [5, 5.41) is 12.2. The number of aliphatic hydroxyl groups excluding tert-OH is 1. The van der Waals surface area contributed by atoms with Gasteiger partial charge in [0.15, 0.2) is 0 Å². The Balaban J connectivity index is 2.09. The number of methoxy groups -OCH3 is 1. The lowest BCUT2D eigenvalue weighted by atomic mass is 10.2. The van der Waals surface area contributed by atoms with Crippen LogP contribution in [0, 0.1) is 6.92 Å². The van der Waals surface area contributed by atoms with Gasteiger partial charge in [0.25, 0.3) is 0 Å². The van der Waals surface area contributed by atoms with Crippen LogP contribution in [-0.4, -0.2) is 43.1 Å². The van der Waals surface area contributed by atoms with Crippen LogP contribution in [0.15, 0.2) is 24.3 Å². The molecule has 5 heteroatoms. The zero-order valence-corrected chi connectivity index (χ0v) is 12.9. The molecule has 0 aliphatic heterocycles. The molecule has 1 rings (SSSR count). The number of thioether (sulfide) groups is 1. The molecule has 0 aromatic heterocycles. The van der Waals surface area contributed by atoms with Gasteiger partial charge in [0.05, 0.1) is 18.5 Å². The second-order valence-corrected chi connectivity index (χ2v) is 5.71. The van der Waals surface area contributed by atoms with E-state index in [-0.39, 0.29) is 5.91 Å². The number of carbonyl (C=O) groups is 1. The van der Waals surface area contributed by atoms with E-state index < -0.39 is 6.10 Å². The minimum atomic E-state index is -0.513. The Hall–Kier alpha value is -1.04. The van der Waals surface area contributed by atoms with E-state index in [0.717, 1.165) is 5.75 Å². The molecule has 1 aromatic carbocycles. The summed E-state index contributed by atoms with van der Waals surface area (Å²) in [5.74, 6) is 1.28. The highest BCUT2D eigenvalue weighted by Crippen LogP contribution is 2.12. The maximum atomic E-state index is 11.6. The highest BCUT2D eigenvalue weighted by Gasteiger charge is 2.05. The van der Waals surface area contributed by atoms with Crippen molar-refractivity contribution in [3.05, 3.63) is 35.4 Å². The van der Waals surface area contributed by atoms with Gasteiger partial charge in [-0.25, -0.2) is 0 Å². The highest BCUT2D eigenvalue weighted by molar-refractivity contribution is 7.99. The average molecular weight is 297 g/mol. The lowest BCUT2D eigenvalue weighted by Gasteiger charge is -2.10. The predicted octanol–water partition coefficient (Wildman–Crippen LogP) is 1.74. The van der Waals surface area contributed by atoms with Crippen molar-refractivity contribution in [1.29, 1.82) is 0 Å². The van der Waals surface area contributed by atoms with Crippen LogP contribution >= 0.6 is 11.8 Å². The monoisotopic (exact) mass is 297 g/mol. The van der Waals surface area contributed by atoms with Gasteiger partial charge in [0.1, 0.15) is 0 Å². The van der Waals surface area contributed by atoms with Crippen LogP contribution in [0.5, 0.6) is 0 Å². The fraction of sp³-hybridized carbons (Fsp3) is 0.533. The van der Waals surface area contributed by atoms with Crippen molar-refractivity contribution in [3.8, 4) is 0 Å². The minimum absolute atomic E-state index is 0.00623. The standard InChI is InChI=1S/C15H23NO3S/c1-12-3-5-13(6-4-12)10-20-11-15(18)16-8-7-14(17)9-19-2/h3-6,14,17H,7-11H2,1-2H3,(H,16,18). The summed E-state index contributed by atoms with van der Waals surface area (Å²) in [7, 11) is 1.55. The fourth-order valence-electron chi connectivity index (χ4n) is 1.65. The molecule has 0 heterocycles. The molecule has 4 nitrogen and oxygen atoms in total. The Morgan fingerprint density at radius 1 is 1.40 bits per heavy atom. The van der Waals surface area contributed by atoms with Crippen LogP contribution < -0.4 is 5.32 Å². The molecule has 2 N–H and O–H groups in total. The first kappa shape index (κ1) is 17.0. The number of amides is 1. The van der Waals surface area contributed by atoms with Crippen molar-refractivity contribution in [1.82, 2.24) is 5.32 Å². The third kappa shape index (κ3) is 7.53. The largest absolute Gasteiger partial charge is 0.391 e. The molecule has 0 spiro atoms. The molecule has 112 valence electrons. The molecule has 0 saturated carbocycles. The number of ether oxygens (including phenoxy) is 1. The quantitative estimate of drug-likeness (QED) is 0.729. The van der Waals surface area contributed by atoms with E-state index in [1.54, 1.807) is 18.9 Å². The number of aliphatic hydroxyl groups is 1. The average Bonchev–Trinajstić information content (AvgIpc) is 2.41. The maximum Gasteiger partial charge on any atom is 0.230 e. The molecule has 0 aliphatic rings. The highest BCUT2D eigenvalue weighted by atomic mass is 32.2. The molecule has 1 unspecified atom stereocenters. The number of rotatable bonds is 9. The fourth-order valence-corrected chi connectivity index (χ4v) is 2.47. The Kier molecular flexibility index (Phi) is 8.34. The molecule has 20 heavy (non-hydrogen) atoms. The van der Waals surface area contributed by atoms with Gasteiger partial charge >= 0.3 is 0 Å². The molecule has 1 amide bonds. The van der Waals surface area contributed by atoms with Gasteiger partial charge in [-0.1, -0.05) is 29.8 Å². The smallest absolute Gasteiger partial charge is 0.230 e. The number of hydrogen-bond donors (Lipinski definition) is 2. The van der Waals surface area contributed by atoms with Gasteiger partial charge in [-0.15, -0.1) is 11.8 Å². The normalized spacial score (nSPS) is 12.2. The second-order valence-electron chi connectivity index (χ2n) is 4.73. The molecule has 0 fully saturated rings.